The van der Waals surface area contributed by atoms with Crippen LogP contribution in [0.25, 0.3) is 0 Å². The molecule has 6 nitrogen and oxygen atoms in total. The van der Waals surface area contributed by atoms with Gasteiger partial charge >= 0.3 is 11.9 Å². The maximum absolute atomic E-state index is 12.4. The van der Waals surface area contributed by atoms with Gasteiger partial charge in [-0.3, -0.25) is 0 Å². The first-order chi connectivity index (χ1) is 19.9. The van der Waals surface area contributed by atoms with Gasteiger partial charge in [-0.05, 0) is 79.7 Å². The normalized spacial score (nSPS) is 14.2. The number of rotatable bonds is 8. The van der Waals surface area contributed by atoms with Crippen molar-refractivity contribution in [3.8, 4) is 11.5 Å². The SMILES string of the molecule is CC(CCOC(=O)C(=O)OCCC(C)c1cc(C(C)(C)C)c(O)c(C(C)(C)C)c1)c1cc(C(C)(C)C)c(O)c(C(C)(C)C)c1. The first kappa shape index (κ1) is 37.2. The van der Waals surface area contributed by atoms with Gasteiger partial charge in [0, 0.05) is 0 Å². The molecule has 0 saturated carbocycles. The van der Waals surface area contributed by atoms with Crippen molar-refractivity contribution < 1.29 is 29.3 Å². The van der Waals surface area contributed by atoms with Crippen LogP contribution in [-0.2, 0) is 40.7 Å². The highest BCUT2D eigenvalue weighted by molar-refractivity contribution is 6.29. The lowest BCUT2D eigenvalue weighted by atomic mass is 9.77. The van der Waals surface area contributed by atoms with Crippen LogP contribution in [0.3, 0.4) is 0 Å². The van der Waals surface area contributed by atoms with Crippen molar-refractivity contribution in [1.82, 2.24) is 0 Å². The molecular weight excluding hydrogens is 552 g/mol. The molecule has 0 heterocycles. The maximum Gasteiger partial charge on any atom is 0.417 e. The van der Waals surface area contributed by atoms with Crippen molar-refractivity contribution in [2.75, 3.05) is 13.2 Å². The molecule has 0 bridgehead atoms. The van der Waals surface area contributed by atoms with E-state index < -0.39 is 11.9 Å². The number of phenols is 2. The van der Waals surface area contributed by atoms with Crippen LogP contribution in [0.2, 0.25) is 0 Å². The van der Waals surface area contributed by atoms with Crippen molar-refractivity contribution in [1.29, 1.82) is 0 Å². The van der Waals surface area contributed by atoms with E-state index in [2.05, 4.69) is 96.9 Å². The number of phenolic OH excluding ortho intramolecular Hbond substituents is 2. The molecule has 6 heteroatoms. The highest BCUT2D eigenvalue weighted by atomic mass is 16.6. The molecule has 0 amide bonds. The van der Waals surface area contributed by atoms with E-state index in [9.17, 15) is 19.8 Å². The minimum atomic E-state index is -0.990. The smallest absolute Gasteiger partial charge is 0.417 e. The number of aromatic hydroxyl groups is 2. The Bertz CT molecular complexity index is 1150. The van der Waals surface area contributed by atoms with E-state index in [1.807, 2.05) is 24.3 Å². The summed E-state index contributed by atoms with van der Waals surface area (Å²) in [7, 11) is 0. The summed E-state index contributed by atoms with van der Waals surface area (Å²) in [6.45, 7) is 29.2. The van der Waals surface area contributed by atoms with Gasteiger partial charge in [-0.2, -0.15) is 0 Å². The first-order valence-electron chi connectivity index (χ1n) is 15.9. The van der Waals surface area contributed by atoms with Gasteiger partial charge in [0.1, 0.15) is 11.5 Å². The van der Waals surface area contributed by atoms with Crippen molar-refractivity contribution in [2.45, 2.75) is 143 Å². The summed E-state index contributed by atoms with van der Waals surface area (Å²) < 4.78 is 10.6. The van der Waals surface area contributed by atoms with Crippen molar-refractivity contribution in [3.05, 3.63) is 57.6 Å². The van der Waals surface area contributed by atoms with E-state index in [1.165, 1.54) is 0 Å². The average Bonchev–Trinajstić information content (AvgIpc) is 2.85. The lowest BCUT2D eigenvalue weighted by Crippen LogP contribution is -2.22. The van der Waals surface area contributed by atoms with Crippen molar-refractivity contribution >= 4 is 11.9 Å². The number of hydrogen-bond donors (Lipinski definition) is 2. The molecule has 0 aliphatic rings. The Morgan fingerprint density at radius 2 is 0.773 bits per heavy atom. The minimum Gasteiger partial charge on any atom is -0.507 e. The second-order valence-electron chi connectivity index (χ2n) is 16.6. The standard InChI is InChI=1S/C38H58O6/c1-23(25-19-27(35(3,4)5)31(39)28(20-25)36(6,7)8)15-17-43-33(41)34(42)44-18-16-24(2)26-21-29(37(9,10)11)32(40)30(22-26)38(12,13)14/h19-24,39-40H,15-18H2,1-14H3. The Hall–Kier alpha value is -3.02. The number of carbonyl (C=O) groups is 2. The Morgan fingerprint density at radius 1 is 0.545 bits per heavy atom. The molecule has 0 aliphatic heterocycles. The van der Waals surface area contributed by atoms with Gasteiger partial charge in [-0.1, -0.05) is 121 Å². The topological polar surface area (TPSA) is 93.1 Å². The van der Waals surface area contributed by atoms with Crippen molar-refractivity contribution in [3.63, 3.8) is 0 Å². The van der Waals surface area contributed by atoms with E-state index in [-0.39, 0.29) is 46.7 Å². The molecular formula is C38H58O6. The maximum atomic E-state index is 12.4. The van der Waals surface area contributed by atoms with Crippen LogP contribution >= 0.6 is 0 Å². The molecule has 44 heavy (non-hydrogen) atoms. The quantitative estimate of drug-likeness (QED) is 0.229. The monoisotopic (exact) mass is 610 g/mol. The predicted molar refractivity (Wildman–Crippen MR) is 179 cm³/mol. The second kappa shape index (κ2) is 13.5. The molecule has 0 fully saturated rings. The Morgan fingerprint density at radius 3 is 0.977 bits per heavy atom. The molecule has 0 radical (unpaired) electrons. The molecule has 0 saturated heterocycles. The lowest BCUT2D eigenvalue weighted by molar-refractivity contribution is -0.167. The second-order valence-corrected chi connectivity index (χ2v) is 16.6. The fourth-order valence-electron chi connectivity index (χ4n) is 5.28. The fraction of sp³-hybridized carbons (Fsp3) is 0.632. The lowest BCUT2D eigenvalue weighted by Gasteiger charge is -2.29. The number of benzene rings is 2. The number of hydrogen-bond acceptors (Lipinski definition) is 6. The van der Waals surface area contributed by atoms with Gasteiger partial charge in [0.05, 0.1) is 13.2 Å². The minimum absolute atomic E-state index is 0.0451. The van der Waals surface area contributed by atoms with E-state index in [0.29, 0.717) is 24.3 Å². The van der Waals surface area contributed by atoms with Gasteiger partial charge < -0.3 is 19.7 Å². The zero-order valence-electron chi connectivity index (χ0n) is 29.8. The average molecular weight is 611 g/mol. The summed E-state index contributed by atoms with van der Waals surface area (Å²) in [5, 5.41) is 22.0. The van der Waals surface area contributed by atoms with Crippen LogP contribution < -0.4 is 0 Å². The molecule has 2 N–H and O–H groups in total. The molecule has 0 aromatic heterocycles. The molecule has 2 aromatic carbocycles. The van der Waals surface area contributed by atoms with Crippen LogP contribution in [-0.4, -0.2) is 35.4 Å². The van der Waals surface area contributed by atoms with Gasteiger partial charge in [0.15, 0.2) is 0 Å². The van der Waals surface area contributed by atoms with Gasteiger partial charge in [-0.15, -0.1) is 0 Å². The summed E-state index contributed by atoms with van der Waals surface area (Å²) in [4.78, 5) is 24.8. The molecule has 2 unspecified atom stereocenters. The van der Waals surface area contributed by atoms with E-state index in [0.717, 1.165) is 33.4 Å². The third kappa shape index (κ3) is 9.49. The highest BCUT2D eigenvalue weighted by Gasteiger charge is 2.29. The number of carbonyl (C=O) groups excluding carboxylic acids is 2. The Labute approximate surface area is 266 Å². The predicted octanol–water partition coefficient (Wildman–Crippen LogP) is 9.06. The summed E-state index contributed by atoms with van der Waals surface area (Å²) >= 11 is 0. The zero-order chi connectivity index (χ0) is 34.0. The number of ether oxygens (including phenoxy) is 2. The molecule has 2 rings (SSSR count). The highest BCUT2D eigenvalue weighted by Crippen LogP contribution is 2.43. The van der Waals surface area contributed by atoms with Gasteiger partial charge in [0.25, 0.3) is 0 Å². The number of esters is 2. The van der Waals surface area contributed by atoms with Crippen molar-refractivity contribution in [2.24, 2.45) is 0 Å². The first-order valence-corrected chi connectivity index (χ1v) is 15.9. The molecule has 0 aliphatic carbocycles. The third-order valence-corrected chi connectivity index (χ3v) is 8.37. The molecule has 0 spiro atoms. The Kier molecular flexibility index (Phi) is 11.4. The largest absolute Gasteiger partial charge is 0.507 e. The molecule has 2 atom stereocenters. The van der Waals surface area contributed by atoms with Crippen LogP contribution in [0.1, 0.15) is 155 Å². The summed E-state index contributed by atoms with van der Waals surface area (Å²) in [6.07, 6.45) is 1.06. The third-order valence-electron chi connectivity index (χ3n) is 8.37. The molecule has 2 aromatic rings. The summed E-state index contributed by atoms with van der Waals surface area (Å²) in [5.74, 6) is -1.22. The van der Waals surface area contributed by atoms with Crippen LogP contribution in [0.4, 0.5) is 0 Å². The summed E-state index contributed by atoms with van der Waals surface area (Å²) in [6, 6.07) is 8.15. The van der Waals surface area contributed by atoms with Gasteiger partial charge in [-0.25, -0.2) is 9.59 Å². The van der Waals surface area contributed by atoms with Crippen LogP contribution in [0, 0.1) is 0 Å². The fourth-order valence-corrected chi connectivity index (χ4v) is 5.28. The van der Waals surface area contributed by atoms with E-state index in [4.69, 9.17) is 9.47 Å². The van der Waals surface area contributed by atoms with Gasteiger partial charge in [0.2, 0.25) is 0 Å². The van der Waals surface area contributed by atoms with Crippen LogP contribution in [0.5, 0.6) is 11.5 Å². The van der Waals surface area contributed by atoms with Crippen LogP contribution in [0.15, 0.2) is 24.3 Å². The van der Waals surface area contributed by atoms with E-state index in [1.54, 1.807) is 0 Å². The zero-order valence-corrected chi connectivity index (χ0v) is 29.8. The molecule has 246 valence electrons. The Balaban J connectivity index is 2.01. The summed E-state index contributed by atoms with van der Waals surface area (Å²) in [5.41, 5.74) is 4.72. The van der Waals surface area contributed by atoms with E-state index >= 15 is 0 Å².